The van der Waals surface area contributed by atoms with Gasteiger partial charge in [0.1, 0.15) is 6.04 Å². The molecule has 6 nitrogen and oxygen atoms in total. The monoisotopic (exact) mass is 397 g/mol. The quantitative estimate of drug-likeness (QED) is 0.757. The van der Waals surface area contributed by atoms with Gasteiger partial charge in [0.05, 0.1) is 19.8 Å². The van der Waals surface area contributed by atoms with Crippen LogP contribution in [0.5, 0.6) is 0 Å². The van der Waals surface area contributed by atoms with Crippen molar-refractivity contribution in [1.29, 1.82) is 0 Å². The highest BCUT2D eigenvalue weighted by atomic mass is 16.5. The summed E-state index contributed by atoms with van der Waals surface area (Å²) in [6, 6.07) is 13.1. The van der Waals surface area contributed by atoms with Gasteiger partial charge < -0.3 is 14.8 Å². The lowest BCUT2D eigenvalue weighted by atomic mass is 9.86. The van der Waals surface area contributed by atoms with Crippen molar-refractivity contribution in [2.24, 2.45) is 0 Å². The van der Waals surface area contributed by atoms with E-state index in [1.165, 1.54) is 14.2 Å². The Morgan fingerprint density at radius 1 is 0.862 bits per heavy atom. The highest BCUT2D eigenvalue weighted by Gasteiger charge is 2.23. The molecule has 0 aliphatic carbocycles. The van der Waals surface area contributed by atoms with E-state index in [1.54, 1.807) is 36.4 Å². The molecular weight excluding hydrogens is 370 g/mol. The van der Waals surface area contributed by atoms with Crippen LogP contribution < -0.4 is 5.32 Å². The third-order valence-corrected chi connectivity index (χ3v) is 4.62. The van der Waals surface area contributed by atoms with Crippen LogP contribution in [0, 0.1) is 0 Å². The predicted molar refractivity (Wildman–Crippen MR) is 110 cm³/mol. The number of amides is 1. The fourth-order valence-electron chi connectivity index (χ4n) is 2.83. The zero-order valence-electron chi connectivity index (χ0n) is 17.4. The zero-order valence-corrected chi connectivity index (χ0v) is 17.4. The summed E-state index contributed by atoms with van der Waals surface area (Å²) in [5.41, 5.74) is 2.75. The van der Waals surface area contributed by atoms with Crippen LogP contribution in [0.4, 0.5) is 0 Å². The van der Waals surface area contributed by atoms with Crippen molar-refractivity contribution in [3.63, 3.8) is 0 Å². The first-order chi connectivity index (χ1) is 13.7. The molecule has 0 fully saturated rings. The van der Waals surface area contributed by atoms with E-state index in [9.17, 15) is 14.4 Å². The second-order valence-electron chi connectivity index (χ2n) is 7.77. The van der Waals surface area contributed by atoms with Crippen molar-refractivity contribution < 1.29 is 23.9 Å². The van der Waals surface area contributed by atoms with Gasteiger partial charge in [0.25, 0.3) is 5.91 Å². The number of ether oxygens (including phenoxy) is 2. The Morgan fingerprint density at radius 3 is 1.90 bits per heavy atom. The average molecular weight is 397 g/mol. The zero-order chi connectivity index (χ0) is 21.6. The van der Waals surface area contributed by atoms with Gasteiger partial charge in [0.2, 0.25) is 0 Å². The summed E-state index contributed by atoms with van der Waals surface area (Å²) in [5, 5.41) is 2.73. The predicted octanol–water partition coefficient (Wildman–Crippen LogP) is 3.28. The Labute approximate surface area is 171 Å². The maximum Gasteiger partial charge on any atom is 0.337 e. The van der Waals surface area contributed by atoms with Crippen molar-refractivity contribution >= 4 is 17.8 Å². The van der Waals surface area contributed by atoms with Crippen LogP contribution in [0.15, 0.2) is 48.5 Å². The van der Waals surface area contributed by atoms with Gasteiger partial charge in [-0.2, -0.15) is 0 Å². The van der Waals surface area contributed by atoms with E-state index in [-0.39, 0.29) is 17.7 Å². The van der Waals surface area contributed by atoms with E-state index in [2.05, 4.69) is 30.8 Å². The summed E-state index contributed by atoms with van der Waals surface area (Å²) < 4.78 is 9.51. The summed E-state index contributed by atoms with van der Waals surface area (Å²) >= 11 is 0. The molecule has 6 heteroatoms. The number of hydrogen-bond donors (Lipinski definition) is 1. The van der Waals surface area contributed by atoms with Gasteiger partial charge in [-0.1, -0.05) is 45.0 Å². The standard InChI is InChI=1S/C23H27NO5/c1-23(2,3)18-12-10-16(11-13-18)20(25)24-19(22(27)29-5)14-15-6-8-17(9-7-15)21(26)28-4/h6-13,19H,14H2,1-5H3,(H,24,25). The number of carbonyl (C=O) groups is 3. The summed E-state index contributed by atoms with van der Waals surface area (Å²) in [7, 11) is 2.59. The number of rotatable bonds is 6. The number of benzene rings is 2. The molecule has 2 aromatic carbocycles. The molecule has 2 aromatic rings. The summed E-state index contributed by atoms with van der Waals surface area (Å²) in [6.07, 6.45) is 0.236. The Bertz CT molecular complexity index is 864. The SMILES string of the molecule is COC(=O)c1ccc(CC(NC(=O)c2ccc(C(C)(C)C)cc2)C(=O)OC)cc1. The summed E-state index contributed by atoms with van der Waals surface area (Å²) in [6.45, 7) is 6.29. The normalized spacial score (nSPS) is 12.0. The fourth-order valence-corrected chi connectivity index (χ4v) is 2.83. The minimum absolute atomic E-state index is 0.0140. The van der Waals surface area contributed by atoms with Gasteiger partial charge in [0, 0.05) is 12.0 Å². The number of methoxy groups -OCH3 is 2. The molecule has 0 aliphatic heterocycles. The third kappa shape index (κ3) is 5.91. The van der Waals surface area contributed by atoms with Gasteiger partial charge >= 0.3 is 11.9 Å². The molecule has 0 aliphatic rings. The molecule has 0 bridgehead atoms. The average Bonchev–Trinajstić information content (AvgIpc) is 2.72. The van der Waals surface area contributed by atoms with E-state index >= 15 is 0 Å². The molecule has 1 atom stereocenters. The van der Waals surface area contributed by atoms with Crippen LogP contribution in [0.2, 0.25) is 0 Å². The molecule has 1 N–H and O–H groups in total. The van der Waals surface area contributed by atoms with Crippen LogP contribution in [0.25, 0.3) is 0 Å². The molecule has 1 amide bonds. The Kier molecular flexibility index (Phi) is 7.15. The molecule has 29 heavy (non-hydrogen) atoms. The lowest BCUT2D eigenvalue weighted by Crippen LogP contribution is -2.43. The first kappa shape index (κ1) is 22.1. The molecule has 0 aromatic heterocycles. The summed E-state index contributed by atoms with van der Waals surface area (Å²) in [5.74, 6) is -1.33. The Balaban J connectivity index is 2.13. The lowest BCUT2D eigenvalue weighted by Gasteiger charge is -2.20. The second kappa shape index (κ2) is 9.37. The number of nitrogens with one attached hydrogen (secondary N) is 1. The maximum atomic E-state index is 12.6. The second-order valence-corrected chi connectivity index (χ2v) is 7.77. The van der Waals surface area contributed by atoms with Crippen LogP contribution in [0.3, 0.4) is 0 Å². The first-order valence-corrected chi connectivity index (χ1v) is 9.32. The largest absolute Gasteiger partial charge is 0.467 e. The molecular formula is C23H27NO5. The number of hydrogen-bond acceptors (Lipinski definition) is 5. The van der Waals surface area contributed by atoms with Crippen molar-refractivity contribution in [3.8, 4) is 0 Å². The Morgan fingerprint density at radius 2 is 1.41 bits per heavy atom. The minimum Gasteiger partial charge on any atom is -0.467 e. The van der Waals surface area contributed by atoms with Gasteiger partial charge in [0.15, 0.2) is 0 Å². The minimum atomic E-state index is -0.848. The van der Waals surface area contributed by atoms with Crippen molar-refractivity contribution in [3.05, 3.63) is 70.8 Å². The highest BCUT2D eigenvalue weighted by molar-refractivity contribution is 5.97. The summed E-state index contributed by atoms with van der Waals surface area (Å²) in [4.78, 5) is 36.3. The van der Waals surface area contributed by atoms with Crippen molar-refractivity contribution in [2.45, 2.75) is 38.6 Å². The smallest absolute Gasteiger partial charge is 0.337 e. The first-order valence-electron chi connectivity index (χ1n) is 9.32. The maximum absolute atomic E-state index is 12.6. The molecule has 2 rings (SSSR count). The van der Waals surface area contributed by atoms with Crippen LogP contribution in [-0.2, 0) is 26.1 Å². The van der Waals surface area contributed by atoms with E-state index in [4.69, 9.17) is 4.74 Å². The molecule has 0 saturated carbocycles. The van der Waals surface area contributed by atoms with E-state index < -0.39 is 18.0 Å². The molecule has 0 radical (unpaired) electrons. The lowest BCUT2D eigenvalue weighted by molar-refractivity contribution is -0.142. The third-order valence-electron chi connectivity index (χ3n) is 4.62. The van der Waals surface area contributed by atoms with Gasteiger partial charge in [-0.15, -0.1) is 0 Å². The van der Waals surface area contributed by atoms with Crippen LogP contribution >= 0.6 is 0 Å². The van der Waals surface area contributed by atoms with Crippen molar-refractivity contribution in [2.75, 3.05) is 14.2 Å². The molecule has 0 saturated heterocycles. The van der Waals surface area contributed by atoms with Crippen LogP contribution in [0.1, 0.15) is 52.6 Å². The molecule has 154 valence electrons. The van der Waals surface area contributed by atoms with E-state index in [0.717, 1.165) is 11.1 Å². The van der Waals surface area contributed by atoms with Gasteiger partial charge in [-0.3, -0.25) is 4.79 Å². The molecule has 0 spiro atoms. The molecule has 0 heterocycles. The molecule has 1 unspecified atom stereocenters. The topological polar surface area (TPSA) is 81.7 Å². The highest BCUT2D eigenvalue weighted by Crippen LogP contribution is 2.22. The van der Waals surface area contributed by atoms with E-state index in [1.807, 2.05) is 12.1 Å². The van der Waals surface area contributed by atoms with Crippen molar-refractivity contribution in [1.82, 2.24) is 5.32 Å². The van der Waals surface area contributed by atoms with Gasteiger partial charge in [-0.05, 0) is 40.8 Å². The van der Waals surface area contributed by atoms with E-state index in [0.29, 0.717) is 11.1 Å². The van der Waals surface area contributed by atoms with Crippen LogP contribution in [-0.4, -0.2) is 38.1 Å². The number of esters is 2. The number of carbonyl (C=O) groups excluding carboxylic acids is 3. The van der Waals surface area contributed by atoms with Gasteiger partial charge in [-0.25, -0.2) is 9.59 Å². The fraction of sp³-hybridized carbons (Fsp3) is 0.348. The Hall–Kier alpha value is -3.15.